The van der Waals surface area contributed by atoms with Crippen molar-refractivity contribution in [3.8, 4) is 0 Å². The van der Waals surface area contributed by atoms with Crippen molar-refractivity contribution in [2.75, 3.05) is 20.6 Å². The molecule has 2 nitrogen and oxygen atoms in total. The molecule has 0 bridgehead atoms. The van der Waals surface area contributed by atoms with Crippen LogP contribution in [0.15, 0.2) is 29.3 Å². The van der Waals surface area contributed by atoms with Gasteiger partial charge in [0, 0.05) is 26.2 Å². The Balaban J connectivity index is 2.30. The summed E-state index contributed by atoms with van der Waals surface area (Å²) >= 11 is 0. The van der Waals surface area contributed by atoms with Gasteiger partial charge in [0.1, 0.15) is 5.84 Å². The van der Waals surface area contributed by atoms with Gasteiger partial charge in [0.05, 0.1) is 0 Å². The molecule has 0 aliphatic carbocycles. The van der Waals surface area contributed by atoms with Gasteiger partial charge in [-0.05, 0) is 13.3 Å². The SMILES string of the molecule is CCCCCCCCCCN=C(c1ccc(C)cc1)N(C)C. The average molecular weight is 303 g/mol. The van der Waals surface area contributed by atoms with Crippen LogP contribution >= 0.6 is 0 Å². The molecule has 1 aromatic carbocycles. The summed E-state index contributed by atoms with van der Waals surface area (Å²) in [5.74, 6) is 1.10. The van der Waals surface area contributed by atoms with Gasteiger partial charge >= 0.3 is 0 Å². The van der Waals surface area contributed by atoms with Crippen LogP contribution in [0.1, 0.15) is 69.4 Å². The quantitative estimate of drug-likeness (QED) is 0.319. The van der Waals surface area contributed by atoms with Crippen molar-refractivity contribution in [1.82, 2.24) is 4.90 Å². The Hall–Kier alpha value is -1.31. The molecule has 124 valence electrons. The molecule has 0 spiro atoms. The van der Waals surface area contributed by atoms with E-state index in [9.17, 15) is 0 Å². The van der Waals surface area contributed by atoms with Gasteiger partial charge in [0.15, 0.2) is 0 Å². The van der Waals surface area contributed by atoms with Crippen LogP contribution in [0.5, 0.6) is 0 Å². The standard InChI is InChI=1S/C20H34N2/c1-5-6-7-8-9-10-11-12-17-21-20(22(3)4)19-15-13-18(2)14-16-19/h13-16H,5-12,17H2,1-4H3. The molecule has 0 unspecified atom stereocenters. The second-order valence-corrected chi connectivity index (χ2v) is 6.44. The number of benzene rings is 1. The van der Waals surface area contributed by atoms with E-state index >= 15 is 0 Å². The predicted molar refractivity (Wildman–Crippen MR) is 98.9 cm³/mol. The van der Waals surface area contributed by atoms with Crippen LogP contribution in [-0.2, 0) is 0 Å². The maximum absolute atomic E-state index is 4.81. The molecule has 0 saturated heterocycles. The van der Waals surface area contributed by atoms with Crippen LogP contribution in [0.4, 0.5) is 0 Å². The van der Waals surface area contributed by atoms with Gasteiger partial charge in [-0.15, -0.1) is 0 Å². The van der Waals surface area contributed by atoms with Crippen molar-refractivity contribution in [3.05, 3.63) is 35.4 Å². The number of rotatable bonds is 10. The van der Waals surface area contributed by atoms with E-state index in [4.69, 9.17) is 4.99 Å². The number of aryl methyl sites for hydroxylation is 1. The minimum atomic E-state index is 0.941. The fraction of sp³-hybridized carbons (Fsp3) is 0.650. The van der Waals surface area contributed by atoms with Crippen molar-refractivity contribution >= 4 is 5.84 Å². The molecule has 0 atom stereocenters. The first-order valence-electron chi connectivity index (χ1n) is 8.94. The normalized spacial score (nSPS) is 11.7. The van der Waals surface area contributed by atoms with Gasteiger partial charge in [-0.25, -0.2) is 0 Å². The molecule has 0 aliphatic rings. The summed E-state index contributed by atoms with van der Waals surface area (Å²) in [5, 5.41) is 0. The van der Waals surface area contributed by atoms with Crippen LogP contribution in [0.25, 0.3) is 0 Å². The Labute approximate surface area is 137 Å². The third kappa shape index (κ3) is 7.63. The Bertz CT molecular complexity index is 418. The van der Waals surface area contributed by atoms with Gasteiger partial charge in [-0.1, -0.05) is 81.7 Å². The van der Waals surface area contributed by atoms with E-state index in [1.54, 1.807) is 0 Å². The van der Waals surface area contributed by atoms with E-state index in [-0.39, 0.29) is 0 Å². The zero-order chi connectivity index (χ0) is 16.2. The molecule has 2 heteroatoms. The smallest absolute Gasteiger partial charge is 0.130 e. The summed E-state index contributed by atoms with van der Waals surface area (Å²) in [6.07, 6.45) is 10.8. The molecule has 1 rings (SSSR count). The van der Waals surface area contributed by atoms with Crippen molar-refractivity contribution in [2.45, 2.75) is 65.2 Å². The first-order chi connectivity index (χ1) is 10.6. The summed E-state index contributed by atoms with van der Waals surface area (Å²) in [6.45, 7) is 5.33. The molecule has 22 heavy (non-hydrogen) atoms. The largest absolute Gasteiger partial charge is 0.363 e. The monoisotopic (exact) mass is 302 g/mol. The second-order valence-electron chi connectivity index (χ2n) is 6.44. The maximum Gasteiger partial charge on any atom is 0.130 e. The van der Waals surface area contributed by atoms with E-state index in [1.165, 1.54) is 62.5 Å². The fourth-order valence-corrected chi connectivity index (χ4v) is 2.62. The minimum Gasteiger partial charge on any atom is -0.363 e. The Morgan fingerprint density at radius 2 is 1.41 bits per heavy atom. The molecule has 0 aromatic heterocycles. The van der Waals surface area contributed by atoms with Gasteiger partial charge in [-0.2, -0.15) is 0 Å². The van der Waals surface area contributed by atoms with Gasteiger partial charge in [-0.3, -0.25) is 4.99 Å². The van der Waals surface area contributed by atoms with E-state index in [2.05, 4.69) is 57.1 Å². The summed E-state index contributed by atoms with van der Waals surface area (Å²) in [4.78, 5) is 6.93. The molecular weight excluding hydrogens is 268 g/mol. The van der Waals surface area contributed by atoms with Gasteiger partial charge < -0.3 is 4.90 Å². The first-order valence-corrected chi connectivity index (χ1v) is 8.94. The fourth-order valence-electron chi connectivity index (χ4n) is 2.62. The van der Waals surface area contributed by atoms with Crippen LogP contribution in [0, 0.1) is 6.92 Å². The van der Waals surface area contributed by atoms with Crippen molar-refractivity contribution in [2.24, 2.45) is 4.99 Å². The number of hydrogen-bond donors (Lipinski definition) is 0. The van der Waals surface area contributed by atoms with Crippen molar-refractivity contribution in [3.63, 3.8) is 0 Å². The number of aliphatic imine (C=N–C) groups is 1. The maximum atomic E-state index is 4.81. The van der Waals surface area contributed by atoms with Crippen molar-refractivity contribution in [1.29, 1.82) is 0 Å². The zero-order valence-corrected chi connectivity index (χ0v) is 15.1. The number of unbranched alkanes of at least 4 members (excludes halogenated alkanes) is 7. The third-order valence-electron chi connectivity index (χ3n) is 4.01. The van der Waals surface area contributed by atoms with E-state index in [0.29, 0.717) is 0 Å². The zero-order valence-electron chi connectivity index (χ0n) is 15.1. The highest BCUT2D eigenvalue weighted by Crippen LogP contribution is 2.10. The molecule has 0 fully saturated rings. The lowest BCUT2D eigenvalue weighted by molar-refractivity contribution is 0.574. The lowest BCUT2D eigenvalue weighted by Gasteiger charge is -2.16. The Kier molecular flexibility index (Phi) is 9.61. The average Bonchev–Trinajstić information content (AvgIpc) is 2.50. The first kappa shape index (κ1) is 18.7. The van der Waals surface area contributed by atoms with E-state index in [0.717, 1.165) is 12.4 Å². The molecule has 0 heterocycles. The summed E-state index contributed by atoms with van der Waals surface area (Å²) in [6, 6.07) is 8.65. The highest BCUT2D eigenvalue weighted by Gasteiger charge is 2.04. The second kappa shape index (κ2) is 11.3. The topological polar surface area (TPSA) is 15.6 Å². The highest BCUT2D eigenvalue weighted by atomic mass is 15.1. The number of hydrogen-bond acceptors (Lipinski definition) is 1. The predicted octanol–water partition coefficient (Wildman–Crippen LogP) is 5.44. The van der Waals surface area contributed by atoms with Gasteiger partial charge in [0.2, 0.25) is 0 Å². The molecule has 0 N–H and O–H groups in total. The number of nitrogens with zero attached hydrogens (tertiary/aromatic N) is 2. The number of amidine groups is 1. The van der Waals surface area contributed by atoms with Crippen molar-refractivity contribution < 1.29 is 0 Å². The molecule has 0 radical (unpaired) electrons. The molecule has 0 amide bonds. The van der Waals surface area contributed by atoms with Gasteiger partial charge in [0.25, 0.3) is 0 Å². The summed E-state index contributed by atoms with van der Waals surface area (Å²) < 4.78 is 0. The summed E-state index contributed by atoms with van der Waals surface area (Å²) in [5.41, 5.74) is 2.51. The molecule has 0 aliphatic heterocycles. The Morgan fingerprint density at radius 3 is 1.95 bits per heavy atom. The molecule has 1 aromatic rings. The molecular formula is C20H34N2. The Morgan fingerprint density at radius 1 is 0.864 bits per heavy atom. The van der Waals surface area contributed by atoms with Crippen LogP contribution in [0.2, 0.25) is 0 Å². The van der Waals surface area contributed by atoms with E-state index in [1.807, 2.05) is 0 Å². The lowest BCUT2D eigenvalue weighted by atomic mass is 10.1. The minimum absolute atomic E-state index is 0.941. The summed E-state index contributed by atoms with van der Waals surface area (Å²) in [7, 11) is 4.15. The van der Waals surface area contributed by atoms with Crippen LogP contribution in [0.3, 0.4) is 0 Å². The van der Waals surface area contributed by atoms with Crippen LogP contribution in [-0.4, -0.2) is 31.4 Å². The lowest BCUT2D eigenvalue weighted by Crippen LogP contribution is -2.23. The van der Waals surface area contributed by atoms with Crippen LogP contribution < -0.4 is 0 Å². The van der Waals surface area contributed by atoms with E-state index < -0.39 is 0 Å². The molecule has 0 saturated carbocycles. The third-order valence-corrected chi connectivity index (χ3v) is 4.01. The highest BCUT2D eigenvalue weighted by molar-refractivity contribution is 5.98.